The molecule has 0 saturated heterocycles. The Hall–Kier alpha value is -3.39. The molecule has 0 heterocycles. The van der Waals surface area contributed by atoms with Gasteiger partial charge in [0.15, 0.2) is 6.10 Å². The minimum absolute atomic E-state index is 0.0150. The third-order valence-electron chi connectivity index (χ3n) is 5.53. The maximum atomic E-state index is 12.5. The summed E-state index contributed by atoms with van der Waals surface area (Å²) < 4.78 is 5.49. The molecule has 170 valence electrons. The maximum absolute atomic E-state index is 12.5. The van der Waals surface area contributed by atoms with E-state index in [0.29, 0.717) is 12.8 Å². The van der Waals surface area contributed by atoms with Crippen LogP contribution in [0.15, 0.2) is 48.5 Å². The monoisotopic (exact) mass is 440 g/mol. The molecule has 4 N–H and O–H groups in total. The van der Waals surface area contributed by atoms with Crippen LogP contribution in [-0.4, -0.2) is 53.5 Å². The van der Waals surface area contributed by atoms with E-state index in [9.17, 15) is 19.5 Å². The SMILES string of the molecule is CCC[C@@H](NC(=O)OCC1c2ccccc2-c2ccccc21)C(=O)NCCC(O)C(=O)O. The number of hydrogen-bond donors (Lipinski definition) is 4. The number of nitrogens with one attached hydrogen (secondary N) is 2. The number of carbonyl (C=O) groups is 3. The average Bonchev–Trinajstić information content (AvgIpc) is 3.11. The molecule has 1 aliphatic rings. The van der Waals surface area contributed by atoms with Crippen molar-refractivity contribution in [1.29, 1.82) is 0 Å². The Bertz CT molecular complexity index is 931. The summed E-state index contributed by atoms with van der Waals surface area (Å²) in [5.74, 6) is -1.87. The first-order chi connectivity index (χ1) is 15.4. The van der Waals surface area contributed by atoms with E-state index in [-0.39, 0.29) is 25.5 Å². The van der Waals surface area contributed by atoms with Crippen molar-refractivity contribution in [3.63, 3.8) is 0 Å². The summed E-state index contributed by atoms with van der Waals surface area (Å²) in [5.41, 5.74) is 4.45. The molecular formula is C24H28N2O6. The van der Waals surface area contributed by atoms with E-state index in [1.165, 1.54) is 0 Å². The molecule has 1 aliphatic carbocycles. The number of ether oxygens (including phenoxy) is 1. The molecule has 0 saturated carbocycles. The number of carbonyl (C=O) groups excluding carboxylic acids is 2. The lowest BCUT2D eigenvalue weighted by atomic mass is 9.98. The Morgan fingerprint density at radius 2 is 1.59 bits per heavy atom. The van der Waals surface area contributed by atoms with Crippen LogP contribution in [0.4, 0.5) is 4.79 Å². The van der Waals surface area contributed by atoms with Crippen molar-refractivity contribution in [2.75, 3.05) is 13.2 Å². The van der Waals surface area contributed by atoms with Crippen LogP contribution in [-0.2, 0) is 14.3 Å². The van der Waals surface area contributed by atoms with Crippen LogP contribution in [0.25, 0.3) is 11.1 Å². The molecule has 2 amide bonds. The predicted octanol–water partition coefficient (Wildman–Crippen LogP) is 2.65. The first-order valence-corrected chi connectivity index (χ1v) is 10.7. The standard InChI is InChI=1S/C24H28N2O6/c1-2-7-20(22(28)25-13-12-21(27)23(29)30)26-24(31)32-14-19-17-10-5-3-8-15(17)16-9-4-6-11-18(16)19/h3-6,8-11,19-21,27H,2,7,12-14H2,1H3,(H,25,28)(H,26,31)(H,29,30)/t20-,21?/m1/s1. The smallest absolute Gasteiger partial charge is 0.407 e. The van der Waals surface area contributed by atoms with Crippen molar-refractivity contribution in [3.05, 3.63) is 59.7 Å². The predicted molar refractivity (Wildman–Crippen MR) is 118 cm³/mol. The van der Waals surface area contributed by atoms with E-state index in [1.807, 2.05) is 43.3 Å². The number of aliphatic carboxylic acids is 1. The Kier molecular flexibility index (Phi) is 7.83. The second kappa shape index (κ2) is 10.8. The molecule has 2 aromatic carbocycles. The highest BCUT2D eigenvalue weighted by Gasteiger charge is 2.29. The number of alkyl carbamates (subject to hydrolysis) is 1. The Balaban J connectivity index is 1.57. The number of carboxylic acids is 1. The second-order valence-electron chi connectivity index (χ2n) is 7.74. The van der Waals surface area contributed by atoms with E-state index in [0.717, 1.165) is 22.3 Å². The highest BCUT2D eigenvalue weighted by atomic mass is 16.5. The van der Waals surface area contributed by atoms with Gasteiger partial charge in [-0.2, -0.15) is 0 Å². The van der Waals surface area contributed by atoms with Crippen LogP contribution in [0, 0.1) is 0 Å². The van der Waals surface area contributed by atoms with Gasteiger partial charge in [-0.05, 0) is 28.7 Å². The fraction of sp³-hybridized carbons (Fsp3) is 0.375. The molecule has 8 heteroatoms. The number of aliphatic hydroxyl groups excluding tert-OH is 1. The Morgan fingerprint density at radius 1 is 1.00 bits per heavy atom. The molecule has 2 aromatic rings. The van der Waals surface area contributed by atoms with Gasteiger partial charge in [0, 0.05) is 18.9 Å². The van der Waals surface area contributed by atoms with E-state index < -0.39 is 30.1 Å². The molecule has 3 rings (SSSR count). The molecule has 0 fully saturated rings. The molecule has 0 aromatic heterocycles. The van der Waals surface area contributed by atoms with Crippen LogP contribution in [0.2, 0.25) is 0 Å². The highest BCUT2D eigenvalue weighted by Crippen LogP contribution is 2.44. The van der Waals surface area contributed by atoms with Gasteiger partial charge >= 0.3 is 12.1 Å². The molecule has 32 heavy (non-hydrogen) atoms. The number of rotatable bonds is 10. The van der Waals surface area contributed by atoms with E-state index in [4.69, 9.17) is 9.84 Å². The van der Waals surface area contributed by atoms with Gasteiger partial charge in [0.05, 0.1) is 0 Å². The van der Waals surface area contributed by atoms with Gasteiger partial charge in [0.25, 0.3) is 0 Å². The highest BCUT2D eigenvalue weighted by molar-refractivity contribution is 5.85. The summed E-state index contributed by atoms with van der Waals surface area (Å²) in [7, 11) is 0. The zero-order valence-electron chi connectivity index (χ0n) is 17.9. The lowest BCUT2D eigenvalue weighted by molar-refractivity contribution is -0.147. The molecule has 1 unspecified atom stereocenters. The van der Waals surface area contributed by atoms with Crippen LogP contribution in [0.3, 0.4) is 0 Å². The molecule has 0 aliphatic heterocycles. The Labute approximate surface area is 186 Å². The van der Waals surface area contributed by atoms with Crippen LogP contribution >= 0.6 is 0 Å². The fourth-order valence-electron chi connectivity index (χ4n) is 3.92. The number of carboxylic acid groups (broad SMARTS) is 1. The van der Waals surface area contributed by atoms with Crippen molar-refractivity contribution >= 4 is 18.0 Å². The first-order valence-electron chi connectivity index (χ1n) is 10.7. The first kappa shape index (κ1) is 23.3. The molecule has 2 atom stereocenters. The number of hydrogen-bond acceptors (Lipinski definition) is 5. The molecule has 8 nitrogen and oxygen atoms in total. The number of benzene rings is 2. The summed E-state index contributed by atoms with van der Waals surface area (Å²) in [5, 5.41) is 23.1. The van der Waals surface area contributed by atoms with Crippen molar-refractivity contribution in [2.45, 2.75) is 44.2 Å². The number of fused-ring (bicyclic) bond motifs is 3. The maximum Gasteiger partial charge on any atom is 0.407 e. The minimum Gasteiger partial charge on any atom is -0.479 e. The summed E-state index contributed by atoms with van der Waals surface area (Å²) in [6, 6.07) is 15.2. The van der Waals surface area contributed by atoms with Gasteiger partial charge in [0.1, 0.15) is 12.6 Å². The zero-order valence-corrected chi connectivity index (χ0v) is 17.9. The van der Waals surface area contributed by atoms with Gasteiger partial charge in [-0.1, -0.05) is 61.9 Å². The van der Waals surface area contributed by atoms with E-state index in [1.54, 1.807) is 0 Å². The van der Waals surface area contributed by atoms with Gasteiger partial charge in [-0.15, -0.1) is 0 Å². The number of aliphatic hydroxyl groups is 1. The average molecular weight is 440 g/mol. The van der Waals surface area contributed by atoms with Gasteiger partial charge in [-0.25, -0.2) is 9.59 Å². The molecule has 0 radical (unpaired) electrons. The third kappa shape index (κ3) is 5.45. The topological polar surface area (TPSA) is 125 Å². The number of amides is 2. The van der Waals surface area contributed by atoms with Crippen molar-refractivity contribution in [1.82, 2.24) is 10.6 Å². The quantitative estimate of drug-likeness (QED) is 0.450. The normalized spacial score (nSPS) is 14.1. The molecule has 0 spiro atoms. The third-order valence-corrected chi connectivity index (χ3v) is 5.53. The largest absolute Gasteiger partial charge is 0.479 e. The lowest BCUT2D eigenvalue weighted by Crippen LogP contribution is -2.47. The molecular weight excluding hydrogens is 412 g/mol. The summed E-state index contributed by atoms with van der Waals surface area (Å²) in [6.07, 6.45) is -1.30. The molecule has 0 bridgehead atoms. The minimum atomic E-state index is -1.55. The van der Waals surface area contributed by atoms with Gasteiger partial charge < -0.3 is 25.6 Å². The fourth-order valence-corrected chi connectivity index (χ4v) is 3.92. The summed E-state index contributed by atoms with van der Waals surface area (Å²) in [4.78, 5) is 35.5. The second-order valence-corrected chi connectivity index (χ2v) is 7.74. The van der Waals surface area contributed by atoms with Crippen molar-refractivity contribution < 1.29 is 29.3 Å². The van der Waals surface area contributed by atoms with Crippen molar-refractivity contribution in [2.24, 2.45) is 0 Å². The van der Waals surface area contributed by atoms with Gasteiger partial charge in [0.2, 0.25) is 5.91 Å². The van der Waals surface area contributed by atoms with Crippen molar-refractivity contribution in [3.8, 4) is 11.1 Å². The van der Waals surface area contributed by atoms with E-state index in [2.05, 4.69) is 22.8 Å². The summed E-state index contributed by atoms with van der Waals surface area (Å²) >= 11 is 0. The Morgan fingerprint density at radius 3 is 2.16 bits per heavy atom. The van der Waals surface area contributed by atoms with Crippen LogP contribution < -0.4 is 10.6 Å². The zero-order chi connectivity index (χ0) is 23.1. The van der Waals surface area contributed by atoms with Crippen LogP contribution in [0.1, 0.15) is 43.2 Å². The lowest BCUT2D eigenvalue weighted by Gasteiger charge is -2.19. The summed E-state index contributed by atoms with van der Waals surface area (Å²) in [6.45, 7) is 2.01. The van der Waals surface area contributed by atoms with Crippen LogP contribution in [0.5, 0.6) is 0 Å². The van der Waals surface area contributed by atoms with E-state index >= 15 is 0 Å². The van der Waals surface area contributed by atoms with Gasteiger partial charge in [-0.3, -0.25) is 4.79 Å².